The van der Waals surface area contributed by atoms with E-state index in [0.717, 1.165) is 24.7 Å². The standard InChI is InChI=1S/C11H19N3O/c1-3-7-12-8(2)10-13-14-11(15-10)9-5-4-6-9/h8-9,12H,3-7H2,1-2H3. The van der Waals surface area contributed by atoms with E-state index < -0.39 is 0 Å². The molecule has 0 spiro atoms. The minimum atomic E-state index is 0.172. The van der Waals surface area contributed by atoms with Crippen LogP contribution in [0.1, 0.15) is 63.3 Å². The van der Waals surface area contributed by atoms with Gasteiger partial charge < -0.3 is 9.73 Å². The molecule has 1 aliphatic carbocycles. The topological polar surface area (TPSA) is 51.0 Å². The first kappa shape index (κ1) is 10.6. The van der Waals surface area contributed by atoms with Gasteiger partial charge in [0.15, 0.2) is 0 Å². The Hall–Kier alpha value is -0.900. The van der Waals surface area contributed by atoms with Crippen LogP contribution in [-0.4, -0.2) is 16.7 Å². The predicted octanol–water partition coefficient (Wildman–Crippen LogP) is 2.40. The second kappa shape index (κ2) is 4.75. The minimum absolute atomic E-state index is 0.172. The third-order valence-corrected chi connectivity index (χ3v) is 2.98. The molecule has 84 valence electrons. The van der Waals surface area contributed by atoms with Gasteiger partial charge in [0.2, 0.25) is 11.8 Å². The Balaban J connectivity index is 1.93. The van der Waals surface area contributed by atoms with Gasteiger partial charge in [0, 0.05) is 5.92 Å². The third-order valence-electron chi connectivity index (χ3n) is 2.98. The SMILES string of the molecule is CCCNC(C)c1nnc(C2CCC2)o1. The summed E-state index contributed by atoms with van der Waals surface area (Å²) in [6, 6.07) is 0.172. The molecule has 0 radical (unpaired) electrons. The summed E-state index contributed by atoms with van der Waals surface area (Å²) in [5, 5.41) is 11.5. The Morgan fingerprint density at radius 1 is 1.47 bits per heavy atom. The third kappa shape index (κ3) is 2.37. The highest BCUT2D eigenvalue weighted by molar-refractivity contribution is 4.97. The lowest BCUT2D eigenvalue weighted by molar-refractivity contribution is 0.312. The fourth-order valence-electron chi connectivity index (χ4n) is 1.69. The van der Waals surface area contributed by atoms with E-state index in [1.807, 2.05) is 0 Å². The van der Waals surface area contributed by atoms with Gasteiger partial charge in [-0.15, -0.1) is 10.2 Å². The summed E-state index contributed by atoms with van der Waals surface area (Å²) in [5.74, 6) is 2.09. The van der Waals surface area contributed by atoms with Crippen LogP contribution in [0, 0.1) is 0 Å². The van der Waals surface area contributed by atoms with E-state index in [1.54, 1.807) is 0 Å². The fourth-order valence-corrected chi connectivity index (χ4v) is 1.69. The smallest absolute Gasteiger partial charge is 0.233 e. The number of hydrogen-bond donors (Lipinski definition) is 1. The molecule has 1 N–H and O–H groups in total. The molecule has 15 heavy (non-hydrogen) atoms. The van der Waals surface area contributed by atoms with Crippen molar-refractivity contribution in [2.75, 3.05) is 6.54 Å². The molecule has 1 atom stereocenters. The van der Waals surface area contributed by atoms with E-state index >= 15 is 0 Å². The molecule has 0 bridgehead atoms. The summed E-state index contributed by atoms with van der Waals surface area (Å²) >= 11 is 0. The molecule has 1 aromatic heterocycles. The van der Waals surface area contributed by atoms with Gasteiger partial charge in [-0.05, 0) is 32.7 Å². The summed E-state index contributed by atoms with van der Waals surface area (Å²) in [6.07, 6.45) is 4.83. The summed E-state index contributed by atoms with van der Waals surface area (Å²) in [6.45, 7) is 5.20. The lowest BCUT2D eigenvalue weighted by Gasteiger charge is -2.20. The van der Waals surface area contributed by atoms with Crippen molar-refractivity contribution in [2.45, 2.75) is 51.5 Å². The van der Waals surface area contributed by atoms with Crippen molar-refractivity contribution in [1.29, 1.82) is 0 Å². The van der Waals surface area contributed by atoms with Gasteiger partial charge in [0.1, 0.15) is 0 Å². The first-order chi connectivity index (χ1) is 7.31. The first-order valence-corrected chi connectivity index (χ1v) is 5.88. The Morgan fingerprint density at radius 2 is 2.27 bits per heavy atom. The number of aromatic nitrogens is 2. The second-order valence-electron chi connectivity index (χ2n) is 4.28. The van der Waals surface area contributed by atoms with Gasteiger partial charge in [0.05, 0.1) is 6.04 Å². The normalized spacial score (nSPS) is 18.8. The summed E-state index contributed by atoms with van der Waals surface area (Å²) in [4.78, 5) is 0. The molecule has 1 aliphatic rings. The van der Waals surface area contributed by atoms with E-state index in [4.69, 9.17) is 4.42 Å². The van der Waals surface area contributed by atoms with Crippen molar-refractivity contribution in [3.8, 4) is 0 Å². The van der Waals surface area contributed by atoms with Crippen LogP contribution in [0.5, 0.6) is 0 Å². The minimum Gasteiger partial charge on any atom is -0.423 e. The van der Waals surface area contributed by atoms with Crippen molar-refractivity contribution in [1.82, 2.24) is 15.5 Å². The van der Waals surface area contributed by atoms with E-state index in [2.05, 4.69) is 29.4 Å². The van der Waals surface area contributed by atoms with Gasteiger partial charge in [-0.2, -0.15) is 0 Å². The molecule has 0 aliphatic heterocycles. The molecular weight excluding hydrogens is 190 g/mol. The maximum absolute atomic E-state index is 5.66. The van der Waals surface area contributed by atoms with Gasteiger partial charge in [-0.3, -0.25) is 0 Å². The lowest BCUT2D eigenvalue weighted by Crippen LogP contribution is -2.19. The van der Waals surface area contributed by atoms with Crippen LogP contribution in [0.4, 0.5) is 0 Å². The average Bonchev–Trinajstić information content (AvgIpc) is 2.60. The van der Waals surface area contributed by atoms with E-state index in [1.165, 1.54) is 19.3 Å². The molecule has 1 saturated carbocycles. The number of rotatable bonds is 5. The van der Waals surface area contributed by atoms with Gasteiger partial charge in [-0.25, -0.2) is 0 Å². The Labute approximate surface area is 90.5 Å². The molecule has 0 saturated heterocycles. The number of nitrogens with zero attached hydrogens (tertiary/aromatic N) is 2. The molecule has 1 aromatic rings. The van der Waals surface area contributed by atoms with Crippen molar-refractivity contribution < 1.29 is 4.42 Å². The zero-order valence-electron chi connectivity index (χ0n) is 9.49. The maximum atomic E-state index is 5.66. The highest BCUT2D eigenvalue weighted by atomic mass is 16.4. The second-order valence-corrected chi connectivity index (χ2v) is 4.28. The van der Waals surface area contributed by atoms with Crippen molar-refractivity contribution in [3.05, 3.63) is 11.8 Å². The zero-order valence-corrected chi connectivity index (χ0v) is 9.49. The molecular formula is C11H19N3O. The maximum Gasteiger partial charge on any atom is 0.233 e. The van der Waals surface area contributed by atoms with Crippen LogP contribution >= 0.6 is 0 Å². The molecule has 1 heterocycles. The van der Waals surface area contributed by atoms with E-state index in [0.29, 0.717) is 5.92 Å². The van der Waals surface area contributed by atoms with E-state index in [9.17, 15) is 0 Å². The number of nitrogens with one attached hydrogen (secondary N) is 1. The monoisotopic (exact) mass is 209 g/mol. The highest BCUT2D eigenvalue weighted by Gasteiger charge is 2.25. The van der Waals surface area contributed by atoms with Crippen LogP contribution in [0.2, 0.25) is 0 Å². The van der Waals surface area contributed by atoms with Gasteiger partial charge >= 0.3 is 0 Å². The van der Waals surface area contributed by atoms with Crippen LogP contribution in [0.25, 0.3) is 0 Å². The zero-order chi connectivity index (χ0) is 10.7. The van der Waals surface area contributed by atoms with Crippen molar-refractivity contribution >= 4 is 0 Å². The van der Waals surface area contributed by atoms with Gasteiger partial charge in [-0.1, -0.05) is 13.3 Å². The Bertz CT molecular complexity index is 307. The van der Waals surface area contributed by atoms with E-state index in [-0.39, 0.29) is 6.04 Å². The Morgan fingerprint density at radius 3 is 2.87 bits per heavy atom. The molecule has 4 heteroatoms. The highest BCUT2D eigenvalue weighted by Crippen LogP contribution is 2.35. The molecule has 1 unspecified atom stereocenters. The van der Waals surface area contributed by atoms with Crippen LogP contribution < -0.4 is 5.32 Å². The quantitative estimate of drug-likeness (QED) is 0.809. The fraction of sp³-hybridized carbons (Fsp3) is 0.818. The average molecular weight is 209 g/mol. The lowest BCUT2D eigenvalue weighted by atomic mass is 9.85. The van der Waals surface area contributed by atoms with Gasteiger partial charge in [0.25, 0.3) is 0 Å². The largest absolute Gasteiger partial charge is 0.423 e. The molecule has 0 aromatic carbocycles. The molecule has 2 rings (SSSR count). The molecule has 4 nitrogen and oxygen atoms in total. The number of hydrogen-bond acceptors (Lipinski definition) is 4. The van der Waals surface area contributed by atoms with Crippen LogP contribution in [0.3, 0.4) is 0 Å². The van der Waals surface area contributed by atoms with Crippen LogP contribution in [-0.2, 0) is 0 Å². The summed E-state index contributed by atoms with van der Waals surface area (Å²) < 4.78 is 5.66. The summed E-state index contributed by atoms with van der Waals surface area (Å²) in [5.41, 5.74) is 0. The van der Waals surface area contributed by atoms with Crippen LogP contribution in [0.15, 0.2) is 4.42 Å². The molecule has 1 fully saturated rings. The first-order valence-electron chi connectivity index (χ1n) is 5.88. The predicted molar refractivity (Wildman–Crippen MR) is 57.6 cm³/mol. The molecule has 0 amide bonds. The van der Waals surface area contributed by atoms with Crippen molar-refractivity contribution in [3.63, 3.8) is 0 Å². The Kier molecular flexibility index (Phi) is 3.36. The van der Waals surface area contributed by atoms with Crippen molar-refractivity contribution in [2.24, 2.45) is 0 Å². The summed E-state index contributed by atoms with van der Waals surface area (Å²) in [7, 11) is 0.